The molecule has 24 heavy (non-hydrogen) atoms. The molecule has 2 N–H and O–H groups in total. The number of amides is 1. The molecule has 3 rings (SSSR count). The van der Waals surface area contributed by atoms with Crippen molar-refractivity contribution in [2.24, 2.45) is 0 Å². The van der Waals surface area contributed by atoms with E-state index in [1.54, 1.807) is 0 Å². The van der Waals surface area contributed by atoms with E-state index < -0.39 is 0 Å². The van der Waals surface area contributed by atoms with Gasteiger partial charge in [-0.2, -0.15) is 0 Å². The van der Waals surface area contributed by atoms with Crippen molar-refractivity contribution in [3.8, 4) is 0 Å². The predicted molar refractivity (Wildman–Crippen MR) is 101 cm³/mol. The molecule has 0 aliphatic heterocycles. The molecule has 0 aliphatic rings. The van der Waals surface area contributed by atoms with Gasteiger partial charge in [-0.1, -0.05) is 29.5 Å². The molecular weight excluding hydrogens is 318 g/mol. The molecule has 0 bridgehead atoms. The lowest BCUT2D eigenvalue weighted by atomic mass is 10.1. The van der Waals surface area contributed by atoms with E-state index in [2.05, 4.69) is 47.3 Å². The standard InChI is InChI=1S/C19H21N3OS/c1-11-5-6-15(14(4)7-11)20-18(23)10-24-19-21-16-8-12(2)13(3)9-17(16)22-19/h5-9H,10H2,1-4H3,(H,20,23)(H,21,22). The van der Waals surface area contributed by atoms with Crippen LogP contribution in [0.3, 0.4) is 0 Å². The van der Waals surface area contributed by atoms with Gasteiger partial charge in [0.15, 0.2) is 5.16 Å². The lowest BCUT2D eigenvalue weighted by Gasteiger charge is -2.08. The number of aromatic amines is 1. The molecule has 1 heterocycles. The summed E-state index contributed by atoms with van der Waals surface area (Å²) in [5.74, 6) is 0.297. The molecule has 124 valence electrons. The highest BCUT2D eigenvalue weighted by Gasteiger charge is 2.09. The van der Waals surface area contributed by atoms with Gasteiger partial charge in [-0.25, -0.2) is 4.98 Å². The number of fused-ring (bicyclic) bond motifs is 1. The Kier molecular flexibility index (Phi) is 4.62. The van der Waals surface area contributed by atoms with Crippen LogP contribution in [0, 0.1) is 27.7 Å². The maximum Gasteiger partial charge on any atom is 0.234 e. The van der Waals surface area contributed by atoms with Crippen molar-refractivity contribution < 1.29 is 4.79 Å². The summed E-state index contributed by atoms with van der Waals surface area (Å²) in [7, 11) is 0. The van der Waals surface area contributed by atoms with Crippen molar-refractivity contribution in [2.75, 3.05) is 11.1 Å². The number of thioether (sulfide) groups is 1. The first kappa shape index (κ1) is 16.6. The van der Waals surface area contributed by atoms with Crippen LogP contribution in [0.2, 0.25) is 0 Å². The fraction of sp³-hybridized carbons (Fsp3) is 0.263. The second kappa shape index (κ2) is 6.69. The molecule has 1 aromatic heterocycles. The van der Waals surface area contributed by atoms with Gasteiger partial charge in [0, 0.05) is 5.69 Å². The molecule has 0 unspecified atom stereocenters. The fourth-order valence-corrected chi connectivity index (χ4v) is 3.27. The van der Waals surface area contributed by atoms with Gasteiger partial charge in [-0.15, -0.1) is 0 Å². The Hall–Kier alpha value is -2.27. The van der Waals surface area contributed by atoms with Crippen LogP contribution in [0.4, 0.5) is 5.69 Å². The number of nitrogens with zero attached hydrogens (tertiary/aromatic N) is 1. The Bertz CT molecular complexity index is 875. The van der Waals surface area contributed by atoms with Gasteiger partial charge in [0.1, 0.15) is 0 Å². The third-order valence-electron chi connectivity index (χ3n) is 4.07. The summed E-state index contributed by atoms with van der Waals surface area (Å²) in [6.45, 7) is 8.20. The molecule has 0 spiro atoms. The normalized spacial score (nSPS) is 11.0. The molecule has 0 radical (unpaired) electrons. The van der Waals surface area contributed by atoms with E-state index in [1.165, 1.54) is 28.5 Å². The van der Waals surface area contributed by atoms with Crippen molar-refractivity contribution in [3.05, 3.63) is 52.6 Å². The van der Waals surface area contributed by atoms with E-state index in [0.717, 1.165) is 27.4 Å². The number of hydrogen-bond donors (Lipinski definition) is 2. The average Bonchev–Trinajstić information content (AvgIpc) is 2.90. The zero-order chi connectivity index (χ0) is 17.3. The van der Waals surface area contributed by atoms with Crippen molar-refractivity contribution >= 4 is 34.4 Å². The summed E-state index contributed by atoms with van der Waals surface area (Å²) in [5, 5.41) is 3.73. The van der Waals surface area contributed by atoms with Gasteiger partial charge in [0.25, 0.3) is 0 Å². The molecule has 2 aromatic carbocycles. The number of aromatic nitrogens is 2. The van der Waals surface area contributed by atoms with Gasteiger partial charge in [-0.3, -0.25) is 4.79 Å². The minimum absolute atomic E-state index is 0.0280. The van der Waals surface area contributed by atoms with Crippen LogP contribution in [0.15, 0.2) is 35.5 Å². The van der Waals surface area contributed by atoms with Gasteiger partial charge < -0.3 is 10.3 Å². The molecule has 1 amide bonds. The van der Waals surface area contributed by atoms with Crippen LogP contribution in [0.5, 0.6) is 0 Å². The smallest absolute Gasteiger partial charge is 0.234 e. The van der Waals surface area contributed by atoms with E-state index in [-0.39, 0.29) is 5.91 Å². The number of nitrogens with one attached hydrogen (secondary N) is 2. The van der Waals surface area contributed by atoms with Gasteiger partial charge in [0.05, 0.1) is 16.8 Å². The van der Waals surface area contributed by atoms with E-state index in [9.17, 15) is 4.79 Å². The van der Waals surface area contributed by atoms with Crippen molar-refractivity contribution in [1.29, 1.82) is 0 Å². The van der Waals surface area contributed by atoms with Gasteiger partial charge in [0.2, 0.25) is 5.91 Å². The van der Waals surface area contributed by atoms with Crippen LogP contribution in [-0.2, 0) is 4.79 Å². The number of rotatable bonds is 4. The summed E-state index contributed by atoms with van der Waals surface area (Å²) < 4.78 is 0. The van der Waals surface area contributed by atoms with E-state index >= 15 is 0 Å². The number of benzene rings is 2. The van der Waals surface area contributed by atoms with Crippen LogP contribution >= 0.6 is 11.8 Å². The van der Waals surface area contributed by atoms with Crippen LogP contribution in [0.25, 0.3) is 11.0 Å². The monoisotopic (exact) mass is 339 g/mol. The first-order valence-corrected chi connectivity index (χ1v) is 8.88. The lowest BCUT2D eigenvalue weighted by molar-refractivity contribution is -0.113. The summed E-state index contributed by atoms with van der Waals surface area (Å²) in [6.07, 6.45) is 0. The number of imidazole rings is 1. The molecule has 0 aliphatic carbocycles. The molecule has 4 nitrogen and oxygen atoms in total. The first-order valence-electron chi connectivity index (χ1n) is 7.89. The van der Waals surface area contributed by atoms with E-state index in [0.29, 0.717) is 5.75 Å². The first-order chi connectivity index (χ1) is 11.4. The number of H-pyrrole nitrogens is 1. The Morgan fingerprint density at radius 2 is 1.83 bits per heavy atom. The molecule has 5 heteroatoms. The number of carbonyl (C=O) groups excluding carboxylic acids is 1. The summed E-state index contributed by atoms with van der Waals surface area (Å²) in [5.41, 5.74) is 7.53. The molecular formula is C19H21N3OS. The Balaban J connectivity index is 1.65. The molecule has 0 fully saturated rings. The Morgan fingerprint density at radius 3 is 2.58 bits per heavy atom. The van der Waals surface area contributed by atoms with Crippen LogP contribution in [-0.4, -0.2) is 21.6 Å². The predicted octanol–water partition coefficient (Wildman–Crippen LogP) is 4.53. The zero-order valence-corrected chi connectivity index (χ0v) is 15.2. The van der Waals surface area contributed by atoms with Gasteiger partial charge >= 0.3 is 0 Å². The molecule has 0 atom stereocenters. The SMILES string of the molecule is Cc1ccc(NC(=O)CSc2nc3cc(C)c(C)cc3[nH]2)c(C)c1. The summed E-state index contributed by atoms with van der Waals surface area (Å²) in [6, 6.07) is 10.2. The topological polar surface area (TPSA) is 57.8 Å². The maximum absolute atomic E-state index is 12.2. The van der Waals surface area contributed by atoms with Crippen molar-refractivity contribution in [2.45, 2.75) is 32.9 Å². The number of aryl methyl sites for hydroxylation is 4. The molecule has 0 saturated heterocycles. The van der Waals surface area contributed by atoms with Crippen molar-refractivity contribution in [3.63, 3.8) is 0 Å². The average molecular weight is 339 g/mol. The highest BCUT2D eigenvalue weighted by atomic mass is 32.2. The molecule has 0 saturated carbocycles. The highest BCUT2D eigenvalue weighted by molar-refractivity contribution is 7.99. The quantitative estimate of drug-likeness (QED) is 0.687. The zero-order valence-electron chi connectivity index (χ0n) is 14.4. The minimum Gasteiger partial charge on any atom is -0.333 e. The maximum atomic E-state index is 12.2. The third-order valence-corrected chi connectivity index (χ3v) is 4.94. The third kappa shape index (κ3) is 3.62. The summed E-state index contributed by atoms with van der Waals surface area (Å²) >= 11 is 1.42. The van der Waals surface area contributed by atoms with E-state index in [4.69, 9.17) is 0 Å². The van der Waals surface area contributed by atoms with Crippen LogP contribution in [0.1, 0.15) is 22.3 Å². The largest absolute Gasteiger partial charge is 0.333 e. The Morgan fingerprint density at radius 1 is 1.08 bits per heavy atom. The van der Waals surface area contributed by atoms with Crippen molar-refractivity contribution in [1.82, 2.24) is 9.97 Å². The minimum atomic E-state index is -0.0280. The second-order valence-corrected chi connectivity index (χ2v) is 7.11. The summed E-state index contributed by atoms with van der Waals surface area (Å²) in [4.78, 5) is 20.0. The second-order valence-electron chi connectivity index (χ2n) is 6.15. The number of hydrogen-bond acceptors (Lipinski definition) is 3. The van der Waals surface area contributed by atoms with Gasteiger partial charge in [-0.05, 0) is 62.6 Å². The van der Waals surface area contributed by atoms with Crippen LogP contribution < -0.4 is 5.32 Å². The van der Waals surface area contributed by atoms with E-state index in [1.807, 2.05) is 26.0 Å². The molecule has 3 aromatic rings. The number of anilines is 1. The highest BCUT2D eigenvalue weighted by Crippen LogP contribution is 2.23. The lowest BCUT2D eigenvalue weighted by Crippen LogP contribution is -2.14. The Labute approximate surface area is 146 Å². The fourth-order valence-electron chi connectivity index (χ4n) is 2.59. The number of carbonyl (C=O) groups is 1.